The van der Waals surface area contributed by atoms with Crippen LogP contribution >= 0.6 is 0 Å². The van der Waals surface area contributed by atoms with Crippen molar-refractivity contribution >= 4 is 11.4 Å². The van der Waals surface area contributed by atoms with E-state index in [0.29, 0.717) is 11.4 Å². The minimum Gasteiger partial charge on any atom is -0.411 e. The van der Waals surface area contributed by atoms with Crippen LogP contribution in [0, 0.1) is 0 Å². The van der Waals surface area contributed by atoms with Gasteiger partial charge in [0.15, 0.2) is 0 Å². The highest BCUT2D eigenvalue weighted by Gasteiger charge is 2.36. The lowest BCUT2D eigenvalue weighted by Gasteiger charge is -2.10. The molecule has 0 spiro atoms. The standard InChI is InChI=1S/C15H12N2O2/c18-16-14-11-8-4-5-9-12(11)15(17-19)13(14)10-6-2-1-3-7-10/h1-9,13,18-19H/b16-14-,17-15+. The van der Waals surface area contributed by atoms with Crippen molar-refractivity contribution in [2.24, 2.45) is 10.3 Å². The summed E-state index contributed by atoms with van der Waals surface area (Å²) in [6.07, 6.45) is 0. The Bertz CT molecular complexity index is 624. The van der Waals surface area contributed by atoms with Crippen molar-refractivity contribution in [3.05, 3.63) is 71.3 Å². The van der Waals surface area contributed by atoms with Gasteiger partial charge >= 0.3 is 0 Å². The summed E-state index contributed by atoms with van der Waals surface area (Å²) in [5, 5.41) is 25.4. The van der Waals surface area contributed by atoms with E-state index in [9.17, 15) is 10.4 Å². The van der Waals surface area contributed by atoms with Crippen molar-refractivity contribution < 1.29 is 10.4 Å². The second-order valence-corrected chi connectivity index (χ2v) is 4.36. The lowest BCUT2D eigenvalue weighted by molar-refractivity contribution is 0.315. The molecule has 4 nitrogen and oxygen atoms in total. The van der Waals surface area contributed by atoms with E-state index in [4.69, 9.17) is 0 Å². The zero-order valence-corrected chi connectivity index (χ0v) is 10.1. The molecule has 1 atom stereocenters. The van der Waals surface area contributed by atoms with Gasteiger partial charge in [0.25, 0.3) is 0 Å². The van der Waals surface area contributed by atoms with Crippen LogP contribution in [0.4, 0.5) is 0 Å². The smallest absolute Gasteiger partial charge is 0.101 e. The predicted molar refractivity (Wildman–Crippen MR) is 72.3 cm³/mol. The first-order valence-electron chi connectivity index (χ1n) is 5.95. The first-order valence-corrected chi connectivity index (χ1v) is 5.95. The summed E-state index contributed by atoms with van der Waals surface area (Å²) in [5.74, 6) is -0.339. The lowest BCUT2D eigenvalue weighted by atomic mass is 9.93. The van der Waals surface area contributed by atoms with Crippen LogP contribution in [0.25, 0.3) is 0 Å². The third kappa shape index (κ3) is 1.69. The number of benzene rings is 2. The number of hydrogen-bond donors (Lipinski definition) is 2. The minimum absolute atomic E-state index is 0.339. The zero-order chi connectivity index (χ0) is 13.2. The molecule has 0 radical (unpaired) electrons. The largest absolute Gasteiger partial charge is 0.411 e. The fraction of sp³-hybridized carbons (Fsp3) is 0.0667. The molecular formula is C15H12N2O2. The number of nitrogens with zero attached hydrogens (tertiary/aromatic N) is 2. The number of oxime groups is 2. The molecule has 0 heterocycles. The summed E-state index contributed by atoms with van der Waals surface area (Å²) in [6, 6.07) is 17.0. The van der Waals surface area contributed by atoms with Crippen LogP contribution in [0.3, 0.4) is 0 Å². The van der Waals surface area contributed by atoms with Gasteiger partial charge in [0.1, 0.15) is 11.4 Å². The normalized spacial score (nSPS) is 21.8. The Labute approximate surface area is 110 Å². The Morgan fingerprint density at radius 2 is 1.16 bits per heavy atom. The van der Waals surface area contributed by atoms with Crippen LogP contribution in [-0.4, -0.2) is 21.8 Å². The summed E-state index contributed by atoms with van der Waals surface area (Å²) < 4.78 is 0. The van der Waals surface area contributed by atoms with Crippen LogP contribution in [0.15, 0.2) is 64.9 Å². The van der Waals surface area contributed by atoms with Gasteiger partial charge in [0.05, 0.1) is 5.92 Å². The molecule has 3 rings (SSSR count). The molecular weight excluding hydrogens is 240 g/mol. The van der Waals surface area contributed by atoms with E-state index in [1.54, 1.807) is 0 Å². The first-order chi connectivity index (χ1) is 9.36. The highest BCUT2D eigenvalue weighted by atomic mass is 16.4. The topological polar surface area (TPSA) is 65.2 Å². The van der Waals surface area contributed by atoms with Crippen LogP contribution in [0.5, 0.6) is 0 Å². The summed E-state index contributed by atoms with van der Waals surface area (Å²) in [4.78, 5) is 0. The Hall–Kier alpha value is -2.62. The fourth-order valence-electron chi connectivity index (χ4n) is 2.55. The Balaban J connectivity index is 2.22. The number of fused-ring (bicyclic) bond motifs is 1. The third-order valence-electron chi connectivity index (χ3n) is 3.37. The van der Waals surface area contributed by atoms with Crippen LogP contribution < -0.4 is 0 Å². The molecule has 19 heavy (non-hydrogen) atoms. The molecule has 1 unspecified atom stereocenters. The first kappa shape index (κ1) is 11.5. The summed E-state index contributed by atoms with van der Waals surface area (Å²) >= 11 is 0. The maximum Gasteiger partial charge on any atom is 0.101 e. The Kier molecular flexibility index (Phi) is 2.76. The summed E-state index contributed by atoms with van der Waals surface area (Å²) in [6.45, 7) is 0. The maximum atomic E-state index is 9.31. The summed E-state index contributed by atoms with van der Waals surface area (Å²) in [5.41, 5.74) is 3.54. The monoisotopic (exact) mass is 252 g/mol. The molecule has 0 bridgehead atoms. The van der Waals surface area contributed by atoms with E-state index in [1.165, 1.54) is 0 Å². The van der Waals surface area contributed by atoms with Crippen molar-refractivity contribution in [2.75, 3.05) is 0 Å². The number of hydrogen-bond acceptors (Lipinski definition) is 4. The van der Waals surface area contributed by atoms with Gasteiger partial charge in [-0.15, -0.1) is 0 Å². The number of rotatable bonds is 1. The molecule has 0 aliphatic heterocycles. The highest BCUT2D eigenvalue weighted by molar-refractivity contribution is 6.33. The van der Waals surface area contributed by atoms with E-state index < -0.39 is 0 Å². The zero-order valence-electron chi connectivity index (χ0n) is 10.1. The SMILES string of the molecule is O/N=C1\c2ccccc2/C(=N/O)C1c1ccccc1. The molecule has 0 aromatic heterocycles. The Morgan fingerprint density at radius 3 is 1.63 bits per heavy atom. The van der Waals surface area contributed by atoms with Gasteiger partial charge in [-0.2, -0.15) is 0 Å². The van der Waals surface area contributed by atoms with Gasteiger partial charge < -0.3 is 10.4 Å². The molecule has 4 heteroatoms. The third-order valence-corrected chi connectivity index (χ3v) is 3.37. The van der Waals surface area contributed by atoms with E-state index in [2.05, 4.69) is 10.3 Å². The summed E-state index contributed by atoms with van der Waals surface area (Å²) in [7, 11) is 0. The van der Waals surface area contributed by atoms with Crippen molar-refractivity contribution in [1.29, 1.82) is 0 Å². The van der Waals surface area contributed by atoms with E-state index in [-0.39, 0.29) is 5.92 Å². The fourth-order valence-corrected chi connectivity index (χ4v) is 2.55. The van der Waals surface area contributed by atoms with Crippen LogP contribution in [-0.2, 0) is 0 Å². The highest BCUT2D eigenvalue weighted by Crippen LogP contribution is 2.34. The predicted octanol–water partition coefficient (Wildman–Crippen LogP) is 2.84. The van der Waals surface area contributed by atoms with Gasteiger partial charge in [0, 0.05) is 11.1 Å². The molecule has 0 fully saturated rings. The molecule has 2 aromatic carbocycles. The van der Waals surface area contributed by atoms with Gasteiger partial charge in [-0.3, -0.25) is 0 Å². The Morgan fingerprint density at radius 1 is 0.684 bits per heavy atom. The molecule has 1 aliphatic carbocycles. The lowest BCUT2D eigenvalue weighted by Crippen LogP contribution is -2.14. The van der Waals surface area contributed by atoms with Gasteiger partial charge in [-0.05, 0) is 5.56 Å². The molecule has 1 aliphatic rings. The van der Waals surface area contributed by atoms with Crippen molar-refractivity contribution in [3.8, 4) is 0 Å². The quantitative estimate of drug-likeness (QED) is 0.605. The maximum absolute atomic E-state index is 9.31. The van der Waals surface area contributed by atoms with Crippen molar-refractivity contribution in [3.63, 3.8) is 0 Å². The van der Waals surface area contributed by atoms with Gasteiger partial charge in [0.2, 0.25) is 0 Å². The second-order valence-electron chi connectivity index (χ2n) is 4.36. The molecule has 0 saturated carbocycles. The van der Waals surface area contributed by atoms with Crippen molar-refractivity contribution in [1.82, 2.24) is 0 Å². The van der Waals surface area contributed by atoms with E-state index >= 15 is 0 Å². The van der Waals surface area contributed by atoms with Crippen molar-refractivity contribution in [2.45, 2.75) is 5.92 Å². The minimum atomic E-state index is -0.339. The second kappa shape index (κ2) is 4.57. The molecule has 2 N–H and O–H groups in total. The average molecular weight is 252 g/mol. The van der Waals surface area contributed by atoms with Crippen LogP contribution in [0.1, 0.15) is 22.6 Å². The molecule has 2 aromatic rings. The average Bonchev–Trinajstić information content (AvgIpc) is 2.81. The van der Waals surface area contributed by atoms with E-state index in [0.717, 1.165) is 16.7 Å². The van der Waals surface area contributed by atoms with Crippen LogP contribution in [0.2, 0.25) is 0 Å². The van der Waals surface area contributed by atoms with Gasteiger partial charge in [-0.1, -0.05) is 64.9 Å². The molecule has 94 valence electrons. The molecule has 0 amide bonds. The molecule has 0 saturated heterocycles. The van der Waals surface area contributed by atoms with E-state index in [1.807, 2.05) is 54.6 Å². The van der Waals surface area contributed by atoms with Gasteiger partial charge in [-0.25, -0.2) is 0 Å².